The van der Waals surface area contributed by atoms with Gasteiger partial charge in [-0.25, -0.2) is 0 Å². The normalized spacial score (nSPS) is 10.7. The lowest BCUT2D eigenvalue weighted by Gasteiger charge is -2.12. The molecular formula is C16H18ClIN4O2. The average Bonchev–Trinajstić information content (AvgIpc) is 2.57. The molecule has 0 amide bonds. The van der Waals surface area contributed by atoms with Gasteiger partial charge in [-0.2, -0.15) is 0 Å². The summed E-state index contributed by atoms with van der Waals surface area (Å²) in [6.07, 6.45) is 0. The zero-order valence-corrected chi connectivity index (χ0v) is 16.1. The summed E-state index contributed by atoms with van der Waals surface area (Å²) in [5.74, 6) is 0.628. The van der Waals surface area contributed by atoms with Crippen LogP contribution in [0.4, 0.5) is 5.69 Å². The number of nitro groups is 1. The van der Waals surface area contributed by atoms with E-state index in [0.717, 1.165) is 11.1 Å². The summed E-state index contributed by atoms with van der Waals surface area (Å²) in [5, 5.41) is 17.6. The summed E-state index contributed by atoms with van der Waals surface area (Å²) in [4.78, 5) is 14.3. The van der Waals surface area contributed by atoms with Crippen LogP contribution in [0.25, 0.3) is 0 Å². The number of hydrogen-bond donors (Lipinski definition) is 2. The molecule has 2 N–H and O–H groups in total. The van der Waals surface area contributed by atoms with Crippen LogP contribution < -0.4 is 10.6 Å². The van der Waals surface area contributed by atoms with Gasteiger partial charge in [-0.15, -0.1) is 24.0 Å². The van der Waals surface area contributed by atoms with Crippen LogP contribution in [0.5, 0.6) is 0 Å². The first-order valence-corrected chi connectivity index (χ1v) is 7.39. The van der Waals surface area contributed by atoms with Crippen molar-refractivity contribution in [1.29, 1.82) is 0 Å². The number of nitrogens with zero attached hydrogens (tertiary/aromatic N) is 2. The van der Waals surface area contributed by atoms with E-state index in [4.69, 9.17) is 11.6 Å². The number of rotatable bonds is 5. The summed E-state index contributed by atoms with van der Waals surface area (Å²) in [6.45, 7) is 1.07. The quantitative estimate of drug-likeness (QED) is 0.234. The van der Waals surface area contributed by atoms with Gasteiger partial charge >= 0.3 is 0 Å². The van der Waals surface area contributed by atoms with E-state index in [1.165, 1.54) is 12.1 Å². The lowest BCUT2D eigenvalue weighted by atomic mass is 10.2. The zero-order chi connectivity index (χ0) is 16.7. The summed E-state index contributed by atoms with van der Waals surface area (Å²) >= 11 is 6.11. The Morgan fingerprint density at radius 3 is 2.33 bits per heavy atom. The lowest BCUT2D eigenvalue weighted by molar-refractivity contribution is -0.384. The number of guanidine groups is 1. The Balaban J connectivity index is 0.00000288. The first-order valence-electron chi connectivity index (χ1n) is 7.01. The number of non-ortho nitro benzene ring substituents is 1. The van der Waals surface area contributed by atoms with Crippen molar-refractivity contribution in [1.82, 2.24) is 10.6 Å². The molecule has 0 aliphatic carbocycles. The molecule has 0 fully saturated rings. The van der Waals surface area contributed by atoms with Crippen molar-refractivity contribution in [3.05, 3.63) is 74.8 Å². The third-order valence-corrected chi connectivity index (χ3v) is 3.60. The molecule has 0 saturated carbocycles. The molecule has 128 valence electrons. The smallest absolute Gasteiger partial charge is 0.269 e. The maximum absolute atomic E-state index is 10.6. The number of benzene rings is 2. The van der Waals surface area contributed by atoms with Gasteiger partial charge in [0.25, 0.3) is 5.69 Å². The van der Waals surface area contributed by atoms with Crippen molar-refractivity contribution < 1.29 is 4.92 Å². The van der Waals surface area contributed by atoms with E-state index in [1.807, 2.05) is 24.3 Å². The number of aliphatic imine (C=N–C) groups is 1. The van der Waals surface area contributed by atoms with Crippen LogP contribution in [0.3, 0.4) is 0 Å². The highest BCUT2D eigenvalue weighted by Gasteiger charge is 2.05. The van der Waals surface area contributed by atoms with E-state index in [-0.39, 0.29) is 29.7 Å². The lowest BCUT2D eigenvalue weighted by Crippen LogP contribution is -2.36. The maximum atomic E-state index is 10.6. The molecule has 2 aromatic carbocycles. The molecule has 0 saturated heterocycles. The van der Waals surface area contributed by atoms with Crippen LogP contribution in [0, 0.1) is 10.1 Å². The fourth-order valence-corrected chi connectivity index (χ4v) is 2.17. The van der Waals surface area contributed by atoms with Gasteiger partial charge in [-0.1, -0.05) is 41.9 Å². The van der Waals surface area contributed by atoms with E-state index in [1.54, 1.807) is 19.2 Å². The Labute approximate surface area is 162 Å². The van der Waals surface area contributed by atoms with Gasteiger partial charge in [-0.05, 0) is 17.2 Å². The van der Waals surface area contributed by atoms with Crippen LogP contribution in [0.1, 0.15) is 11.1 Å². The van der Waals surface area contributed by atoms with E-state index >= 15 is 0 Å². The van der Waals surface area contributed by atoms with Gasteiger partial charge in [0, 0.05) is 37.3 Å². The fourth-order valence-electron chi connectivity index (χ4n) is 1.96. The molecule has 0 bridgehead atoms. The molecule has 24 heavy (non-hydrogen) atoms. The van der Waals surface area contributed by atoms with Crippen molar-refractivity contribution in [3.8, 4) is 0 Å². The Kier molecular flexibility index (Phi) is 8.48. The molecule has 2 aromatic rings. The Hall–Kier alpha value is -1.87. The Bertz CT molecular complexity index is 707. The van der Waals surface area contributed by atoms with Crippen molar-refractivity contribution >= 4 is 47.2 Å². The third-order valence-electron chi connectivity index (χ3n) is 3.23. The topological polar surface area (TPSA) is 79.6 Å². The molecule has 0 aliphatic heterocycles. The summed E-state index contributed by atoms with van der Waals surface area (Å²) < 4.78 is 0. The molecule has 8 heteroatoms. The minimum absolute atomic E-state index is 0. The molecule has 0 radical (unpaired) electrons. The molecule has 0 spiro atoms. The molecule has 0 aliphatic rings. The minimum Gasteiger partial charge on any atom is -0.352 e. The van der Waals surface area contributed by atoms with Gasteiger partial charge < -0.3 is 10.6 Å². The second-order valence-electron chi connectivity index (χ2n) is 4.79. The first-order chi connectivity index (χ1) is 11.1. The van der Waals surface area contributed by atoms with Gasteiger partial charge in [0.2, 0.25) is 0 Å². The standard InChI is InChI=1S/C16H17ClN4O2.HI/c1-18-16(20-11-13-4-2-3-5-15(13)17)19-10-12-6-8-14(9-7-12)21(22)23;/h2-9H,10-11H2,1H3,(H2,18,19,20);1H. The van der Waals surface area contributed by atoms with Crippen molar-refractivity contribution in [3.63, 3.8) is 0 Å². The molecule has 0 unspecified atom stereocenters. The minimum atomic E-state index is -0.415. The number of nitro benzene ring substituents is 1. The summed E-state index contributed by atoms with van der Waals surface area (Å²) in [6, 6.07) is 14.0. The van der Waals surface area contributed by atoms with Crippen LogP contribution in [-0.4, -0.2) is 17.9 Å². The summed E-state index contributed by atoms with van der Waals surface area (Å²) in [7, 11) is 1.68. The largest absolute Gasteiger partial charge is 0.352 e. The Morgan fingerprint density at radius 2 is 1.75 bits per heavy atom. The molecule has 0 atom stereocenters. The number of hydrogen-bond acceptors (Lipinski definition) is 3. The molecular weight excluding hydrogens is 443 g/mol. The van der Waals surface area contributed by atoms with Crippen molar-refractivity contribution in [2.75, 3.05) is 7.05 Å². The molecule has 6 nitrogen and oxygen atoms in total. The SMILES string of the molecule is CN=C(NCc1ccc([N+](=O)[O-])cc1)NCc1ccccc1Cl.I. The average molecular weight is 461 g/mol. The highest BCUT2D eigenvalue weighted by molar-refractivity contribution is 14.0. The van der Waals surface area contributed by atoms with Crippen molar-refractivity contribution in [2.24, 2.45) is 4.99 Å². The zero-order valence-electron chi connectivity index (χ0n) is 13.0. The Morgan fingerprint density at radius 1 is 1.12 bits per heavy atom. The highest BCUT2D eigenvalue weighted by atomic mass is 127. The van der Waals surface area contributed by atoms with E-state index < -0.39 is 4.92 Å². The fraction of sp³-hybridized carbons (Fsp3) is 0.188. The molecule has 0 aromatic heterocycles. The van der Waals surface area contributed by atoms with E-state index in [9.17, 15) is 10.1 Å². The predicted octanol–water partition coefficient (Wildman–Crippen LogP) is 3.73. The van der Waals surface area contributed by atoms with Crippen LogP contribution in [-0.2, 0) is 13.1 Å². The van der Waals surface area contributed by atoms with E-state index in [0.29, 0.717) is 24.1 Å². The van der Waals surface area contributed by atoms with Crippen LogP contribution >= 0.6 is 35.6 Å². The maximum Gasteiger partial charge on any atom is 0.269 e. The number of halogens is 2. The monoisotopic (exact) mass is 460 g/mol. The summed E-state index contributed by atoms with van der Waals surface area (Å²) in [5.41, 5.74) is 1.98. The number of nitrogens with one attached hydrogen (secondary N) is 2. The van der Waals surface area contributed by atoms with Gasteiger partial charge in [0.05, 0.1) is 4.92 Å². The highest BCUT2D eigenvalue weighted by Crippen LogP contribution is 2.14. The van der Waals surface area contributed by atoms with Gasteiger partial charge in [-0.3, -0.25) is 15.1 Å². The van der Waals surface area contributed by atoms with Crippen molar-refractivity contribution in [2.45, 2.75) is 13.1 Å². The second kappa shape index (κ2) is 10.1. The third kappa shape index (κ3) is 5.97. The first kappa shape index (κ1) is 20.2. The van der Waals surface area contributed by atoms with Gasteiger partial charge in [0.15, 0.2) is 5.96 Å². The van der Waals surface area contributed by atoms with E-state index in [2.05, 4.69) is 15.6 Å². The van der Waals surface area contributed by atoms with Gasteiger partial charge in [0.1, 0.15) is 0 Å². The van der Waals surface area contributed by atoms with Crippen LogP contribution in [0.2, 0.25) is 5.02 Å². The van der Waals surface area contributed by atoms with Crippen LogP contribution in [0.15, 0.2) is 53.5 Å². The molecule has 0 heterocycles. The second-order valence-corrected chi connectivity index (χ2v) is 5.20. The predicted molar refractivity (Wildman–Crippen MR) is 107 cm³/mol. The molecule has 2 rings (SSSR count).